The number of ether oxygens (including phenoxy) is 1. The van der Waals surface area contributed by atoms with Crippen molar-refractivity contribution in [3.05, 3.63) is 106 Å². The first kappa shape index (κ1) is 27.5. The maximum Gasteiger partial charge on any atom is 0.303 e. The van der Waals surface area contributed by atoms with E-state index in [4.69, 9.17) is 4.74 Å². The second-order valence-electron chi connectivity index (χ2n) is 10.3. The van der Waals surface area contributed by atoms with Crippen molar-refractivity contribution in [1.29, 1.82) is 0 Å². The van der Waals surface area contributed by atoms with Gasteiger partial charge in [0.2, 0.25) is 0 Å². The number of aryl methyl sites for hydroxylation is 2. The summed E-state index contributed by atoms with van der Waals surface area (Å²) >= 11 is 0. The minimum Gasteiger partial charge on any atom is -0.481 e. The number of carboxylic acid groups (broad SMARTS) is 1. The molecule has 4 unspecified atom stereocenters. The Hall–Kier alpha value is -3.51. The van der Waals surface area contributed by atoms with Crippen molar-refractivity contribution < 1.29 is 23.8 Å². The molecule has 1 aliphatic heterocycles. The van der Waals surface area contributed by atoms with Crippen molar-refractivity contribution in [2.75, 3.05) is 0 Å². The van der Waals surface area contributed by atoms with E-state index in [2.05, 4.69) is 0 Å². The van der Waals surface area contributed by atoms with Gasteiger partial charge >= 0.3 is 5.97 Å². The minimum atomic E-state index is -0.878. The van der Waals surface area contributed by atoms with Crippen LogP contribution in [-0.4, -0.2) is 34.0 Å². The Morgan fingerprint density at radius 1 is 0.921 bits per heavy atom. The van der Waals surface area contributed by atoms with Gasteiger partial charge in [-0.2, -0.15) is 0 Å². The molecule has 3 aromatic carbocycles. The van der Waals surface area contributed by atoms with Crippen molar-refractivity contribution >= 4 is 11.9 Å². The zero-order chi connectivity index (χ0) is 27.2. The Morgan fingerprint density at radius 2 is 1.50 bits per heavy atom. The first-order valence-electron chi connectivity index (χ1n) is 13.3. The molecular formula is C32H36FNO4. The summed E-state index contributed by atoms with van der Waals surface area (Å²) in [6, 6.07) is 21.7. The number of rotatable bonds is 10. The fourth-order valence-electron chi connectivity index (χ4n) is 5.30. The summed E-state index contributed by atoms with van der Waals surface area (Å²) in [5, 5.41) is 9.47. The van der Waals surface area contributed by atoms with Crippen LogP contribution in [0.5, 0.6) is 0 Å². The number of hydrogen-bond donors (Lipinski definition) is 1. The number of morpholine rings is 1. The molecule has 0 aromatic heterocycles. The second kappa shape index (κ2) is 12.4. The zero-order valence-electron chi connectivity index (χ0n) is 22.3. The summed E-state index contributed by atoms with van der Waals surface area (Å²) in [5.41, 5.74) is 4.94. The Kier molecular flexibility index (Phi) is 8.95. The number of carboxylic acids is 1. The lowest BCUT2D eigenvalue weighted by molar-refractivity contribution is -0.180. The van der Waals surface area contributed by atoms with Gasteiger partial charge in [0.1, 0.15) is 18.0 Å². The lowest BCUT2D eigenvalue weighted by atomic mass is 9.87. The van der Waals surface area contributed by atoms with E-state index >= 15 is 0 Å². The van der Waals surface area contributed by atoms with Gasteiger partial charge in [0.15, 0.2) is 0 Å². The van der Waals surface area contributed by atoms with Gasteiger partial charge < -0.3 is 14.7 Å². The van der Waals surface area contributed by atoms with E-state index in [0.717, 1.165) is 34.2 Å². The van der Waals surface area contributed by atoms with Gasteiger partial charge in [-0.05, 0) is 55.5 Å². The summed E-state index contributed by atoms with van der Waals surface area (Å²) < 4.78 is 20.2. The molecule has 5 nitrogen and oxygen atoms in total. The molecule has 200 valence electrons. The smallest absolute Gasteiger partial charge is 0.303 e. The summed E-state index contributed by atoms with van der Waals surface area (Å²) in [6.07, 6.45) is 0.910. The van der Waals surface area contributed by atoms with E-state index in [1.165, 1.54) is 12.1 Å². The van der Waals surface area contributed by atoms with Crippen LogP contribution < -0.4 is 0 Å². The molecule has 4 atom stereocenters. The van der Waals surface area contributed by atoms with E-state index in [-0.39, 0.29) is 24.2 Å². The van der Waals surface area contributed by atoms with Crippen molar-refractivity contribution in [3.8, 4) is 0 Å². The van der Waals surface area contributed by atoms with Crippen LogP contribution in [0.2, 0.25) is 0 Å². The molecule has 0 saturated carbocycles. The van der Waals surface area contributed by atoms with Gasteiger partial charge in [-0.1, -0.05) is 85.1 Å². The highest BCUT2D eigenvalue weighted by Crippen LogP contribution is 2.44. The van der Waals surface area contributed by atoms with Gasteiger partial charge in [0.05, 0.1) is 6.04 Å². The normalized spacial score (nSPS) is 20.4. The highest BCUT2D eigenvalue weighted by Gasteiger charge is 2.46. The van der Waals surface area contributed by atoms with E-state index < -0.39 is 24.2 Å². The Morgan fingerprint density at radius 3 is 2.05 bits per heavy atom. The van der Waals surface area contributed by atoms with E-state index in [0.29, 0.717) is 19.3 Å². The number of carbonyl (C=O) groups excluding carboxylic acids is 1. The molecule has 1 N–H and O–H groups in total. The first-order chi connectivity index (χ1) is 18.3. The summed E-state index contributed by atoms with van der Waals surface area (Å²) in [7, 11) is 0. The van der Waals surface area contributed by atoms with Crippen LogP contribution in [0.4, 0.5) is 4.39 Å². The topological polar surface area (TPSA) is 66.8 Å². The third-order valence-corrected chi connectivity index (χ3v) is 7.29. The predicted octanol–water partition coefficient (Wildman–Crippen LogP) is 6.73. The Labute approximate surface area is 224 Å². The molecule has 1 aliphatic rings. The molecule has 1 saturated heterocycles. The van der Waals surface area contributed by atoms with Crippen molar-refractivity contribution in [1.82, 2.24) is 4.90 Å². The van der Waals surface area contributed by atoms with E-state index in [9.17, 15) is 19.1 Å². The molecular weight excluding hydrogens is 481 g/mol. The molecule has 4 rings (SSSR count). The molecule has 0 radical (unpaired) electrons. The van der Waals surface area contributed by atoms with Gasteiger partial charge in [-0.15, -0.1) is 0 Å². The van der Waals surface area contributed by atoms with Crippen LogP contribution >= 0.6 is 0 Å². The fraction of sp³-hybridized carbons (Fsp3) is 0.375. The molecule has 6 heteroatoms. The van der Waals surface area contributed by atoms with Crippen molar-refractivity contribution in [3.63, 3.8) is 0 Å². The summed E-state index contributed by atoms with van der Waals surface area (Å²) in [4.78, 5) is 27.7. The van der Waals surface area contributed by atoms with Gasteiger partial charge in [0.25, 0.3) is 5.91 Å². The van der Waals surface area contributed by atoms with Crippen molar-refractivity contribution in [2.45, 2.75) is 77.2 Å². The lowest BCUT2D eigenvalue weighted by Crippen LogP contribution is -2.55. The van der Waals surface area contributed by atoms with Crippen LogP contribution in [0.25, 0.3) is 0 Å². The quantitative estimate of drug-likeness (QED) is 0.324. The number of benzene rings is 3. The van der Waals surface area contributed by atoms with Gasteiger partial charge in [-0.25, -0.2) is 4.39 Å². The number of aliphatic carboxylic acids is 1. The highest BCUT2D eigenvalue weighted by molar-refractivity contribution is 5.83. The molecule has 0 aliphatic carbocycles. The van der Waals surface area contributed by atoms with Crippen molar-refractivity contribution in [2.24, 2.45) is 0 Å². The number of amides is 1. The number of halogens is 1. The summed E-state index contributed by atoms with van der Waals surface area (Å²) in [6.45, 7) is 6.10. The van der Waals surface area contributed by atoms with Gasteiger partial charge in [0, 0.05) is 18.9 Å². The van der Waals surface area contributed by atoms with E-state index in [1.807, 2.05) is 74.2 Å². The Bertz CT molecular complexity index is 1220. The highest BCUT2D eigenvalue weighted by atomic mass is 19.1. The van der Waals surface area contributed by atoms with Crippen LogP contribution in [0, 0.1) is 19.7 Å². The maximum atomic E-state index is 14.2. The second-order valence-corrected chi connectivity index (χ2v) is 10.3. The summed E-state index contributed by atoms with van der Waals surface area (Å²) in [5.74, 6) is -1.37. The number of nitrogens with zero attached hydrogens (tertiary/aromatic N) is 1. The maximum absolute atomic E-state index is 14.2. The Balaban J connectivity index is 1.82. The average molecular weight is 518 g/mol. The largest absolute Gasteiger partial charge is 0.481 e. The third-order valence-electron chi connectivity index (χ3n) is 7.29. The molecule has 0 bridgehead atoms. The molecule has 1 amide bonds. The van der Waals surface area contributed by atoms with Gasteiger partial charge in [-0.3, -0.25) is 9.59 Å². The zero-order valence-corrected chi connectivity index (χ0v) is 22.3. The predicted molar refractivity (Wildman–Crippen MR) is 145 cm³/mol. The number of carbonyl (C=O) groups is 2. The third kappa shape index (κ3) is 6.48. The monoisotopic (exact) mass is 517 g/mol. The SMILES string of the molecule is CCCC(CCC(=O)O)N1C(=O)C(Cc2ccc(F)cc2)OC(c2ccc(C)cc2)C1c1ccc(C)cc1. The molecule has 1 fully saturated rings. The van der Waals surface area contributed by atoms with Crippen LogP contribution in [0.3, 0.4) is 0 Å². The standard InChI is InChI=1S/C32H36FNO4/c1-4-5-27(18-19-29(35)36)34-30(24-12-6-21(2)7-13-24)31(25-14-8-22(3)9-15-25)38-28(32(34)37)20-23-10-16-26(33)17-11-23/h6-17,27-28,30-31H,4-5,18-20H2,1-3H3,(H,35,36). The van der Waals surface area contributed by atoms with Crippen LogP contribution in [0.1, 0.15) is 72.6 Å². The number of hydrogen-bond acceptors (Lipinski definition) is 3. The van der Waals surface area contributed by atoms with Crippen LogP contribution in [0.15, 0.2) is 72.8 Å². The molecule has 1 heterocycles. The van der Waals surface area contributed by atoms with E-state index in [1.54, 1.807) is 12.1 Å². The lowest BCUT2D eigenvalue weighted by Gasteiger charge is -2.48. The minimum absolute atomic E-state index is 0.0201. The fourth-order valence-corrected chi connectivity index (χ4v) is 5.30. The van der Waals surface area contributed by atoms with Crippen LogP contribution in [-0.2, 0) is 20.7 Å². The molecule has 0 spiro atoms. The average Bonchev–Trinajstić information content (AvgIpc) is 2.90. The molecule has 38 heavy (non-hydrogen) atoms. The molecule has 3 aromatic rings. The first-order valence-corrected chi connectivity index (χ1v) is 13.3.